The van der Waals surface area contributed by atoms with E-state index in [1.54, 1.807) is 13.8 Å². The normalized spacial score (nSPS) is 24.9. The Labute approximate surface area is 388 Å². The predicted octanol–water partition coefficient (Wildman–Crippen LogP) is -3.61. The third kappa shape index (κ3) is 20.5. The van der Waals surface area contributed by atoms with E-state index >= 15 is 0 Å². The standard InChI is InChI=1S/C41H62N10O15S/c1-21(2)15-25-38(63)49-26(17-22-10-11-29(52)23(42)16-22)39(64)51-41(3,13-12-34(58)59)40(65)50-27(18-30(43)53)36(61)45-14-5-4-8-31(54)47-28(35(44)60)19-67(66)20-32(55)46-24(37(62)48-25)7-6-9-33(56)57/h10-11,16,21,24-28,52H,4-9,12-15,17-20,42H2,1-3H3,(H2,43,53)(H2,44,60)(H,45,61)(H,46,55)(H,47,54)(H,48,62)(H,49,63)(H,50,65)(H,51,64)(H,56,57)(H,58,59)/t24-,25-,26-,27-,28-,41-,67+/m0/s1. The van der Waals surface area contributed by atoms with Gasteiger partial charge in [-0.3, -0.25) is 56.9 Å². The first-order valence-electron chi connectivity index (χ1n) is 21.3. The van der Waals surface area contributed by atoms with Crippen molar-refractivity contribution in [3.8, 4) is 5.75 Å². The van der Waals surface area contributed by atoms with Crippen LogP contribution >= 0.6 is 0 Å². The van der Waals surface area contributed by atoms with Crippen LogP contribution in [0.15, 0.2) is 18.2 Å². The lowest BCUT2D eigenvalue weighted by Crippen LogP contribution is -2.64. The monoisotopic (exact) mass is 966 g/mol. The van der Waals surface area contributed by atoms with Crippen molar-refractivity contribution >= 4 is 81.6 Å². The minimum absolute atomic E-state index is 0.0832. The van der Waals surface area contributed by atoms with Gasteiger partial charge in [0, 0.05) is 43.0 Å². The van der Waals surface area contributed by atoms with E-state index in [9.17, 15) is 72.3 Å². The van der Waals surface area contributed by atoms with E-state index in [1.807, 2.05) is 0 Å². The zero-order chi connectivity index (χ0) is 50.6. The van der Waals surface area contributed by atoms with E-state index in [2.05, 4.69) is 37.2 Å². The maximum atomic E-state index is 14.3. The number of hydrogen-bond acceptors (Lipinski definition) is 14. The summed E-state index contributed by atoms with van der Waals surface area (Å²) >= 11 is 0. The molecule has 25 nitrogen and oxygen atoms in total. The summed E-state index contributed by atoms with van der Waals surface area (Å²) in [6, 6.07) is -3.87. The van der Waals surface area contributed by atoms with Crippen LogP contribution < -0.4 is 54.4 Å². The number of phenols is 1. The quantitative estimate of drug-likeness (QED) is 0.0633. The van der Waals surface area contributed by atoms with Gasteiger partial charge in [0.2, 0.25) is 53.2 Å². The second-order valence-corrected chi connectivity index (χ2v) is 18.2. The molecular weight excluding hydrogens is 905 g/mol. The number of amides is 9. The summed E-state index contributed by atoms with van der Waals surface area (Å²) in [5, 5.41) is 46.0. The number of nitrogens with one attached hydrogen (secondary N) is 7. The first-order chi connectivity index (χ1) is 31.3. The molecule has 1 heterocycles. The van der Waals surface area contributed by atoms with Crippen LogP contribution in [0.4, 0.5) is 5.69 Å². The maximum absolute atomic E-state index is 14.3. The fourth-order valence-corrected chi connectivity index (χ4v) is 7.77. The number of carboxylic acids is 2. The topological polar surface area (TPSA) is 428 Å². The molecule has 1 aliphatic rings. The minimum atomic E-state index is -2.17. The van der Waals surface area contributed by atoms with Crippen LogP contribution in [0, 0.1) is 5.92 Å². The Morgan fingerprint density at radius 1 is 0.806 bits per heavy atom. The van der Waals surface area contributed by atoms with Crippen molar-refractivity contribution in [1.82, 2.24) is 37.2 Å². The van der Waals surface area contributed by atoms with Crippen molar-refractivity contribution in [2.45, 2.75) is 127 Å². The summed E-state index contributed by atoms with van der Waals surface area (Å²) in [4.78, 5) is 143. The van der Waals surface area contributed by atoms with Crippen molar-refractivity contribution in [1.29, 1.82) is 0 Å². The first kappa shape index (κ1) is 56.3. The van der Waals surface area contributed by atoms with Crippen LogP contribution in [0.3, 0.4) is 0 Å². The molecule has 1 aromatic carbocycles. The van der Waals surface area contributed by atoms with E-state index in [0.29, 0.717) is 0 Å². The highest BCUT2D eigenvalue weighted by Gasteiger charge is 2.40. The van der Waals surface area contributed by atoms with Gasteiger partial charge in [-0.2, -0.15) is 0 Å². The largest absolute Gasteiger partial charge is 0.506 e. The highest BCUT2D eigenvalue weighted by atomic mass is 32.2. The van der Waals surface area contributed by atoms with Gasteiger partial charge in [-0.05, 0) is 69.1 Å². The molecule has 1 fully saturated rings. The van der Waals surface area contributed by atoms with Gasteiger partial charge in [0.25, 0.3) is 0 Å². The third-order valence-electron chi connectivity index (χ3n) is 10.3. The number of phenolic OH excluding ortho intramolecular Hbond substituents is 1. The SMILES string of the molecule is CC(C)C[C@@H]1NC(=O)[C@H](CCCC(=O)O)NC(=O)C[S@](=O)C[C@@H](C(N)=O)NC(=O)CCCCNC(=O)[C@H](CC(N)=O)NC(=O)[C@](C)(CCC(=O)O)NC(=O)[C@H](Cc2ccc(O)c(N)c2)NC1=O. The Morgan fingerprint density at radius 3 is 2.04 bits per heavy atom. The van der Waals surface area contributed by atoms with Gasteiger partial charge >= 0.3 is 11.9 Å². The Kier molecular flexibility index (Phi) is 22.6. The highest BCUT2D eigenvalue weighted by Crippen LogP contribution is 2.22. The van der Waals surface area contributed by atoms with Gasteiger partial charge in [-0.15, -0.1) is 0 Å². The zero-order valence-corrected chi connectivity index (χ0v) is 38.3. The molecule has 372 valence electrons. The molecule has 0 spiro atoms. The molecule has 16 N–H and O–H groups in total. The number of aliphatic carboxylic acids is 2. The van der Waals surface area contributed by atoms with E-state index < -0.39 is 149 Å². The third-order valence-corrected chi connectivity index (χ3v) is 11.5. The summed E-state index contributed by atoms with van der Waals surface area (Å²) in [5.74, 6) is -13.5. The molecule has 1 aliphatic heterocycles. The van der Waals surface area contributed by atoms with Gasteiger partial charge in [-0.1, -0.05) is 19.9 Å². The van der Waals surface area contributed by atoms with Gasteiger partial charge in [0.15, 0.2) is 0 Å². The van der Waals surface area contributed by atoms with Crippen LogP contribution in [0.5, 0.6) is 5.75 Å². The summed E-state index contributed by atoms with van der Waals surface area (Å²) in [5.41, 5.74) is 14.7. The molecule has 7 atom stereocenters. The summed E-state index contributed by atoms with van der Waals surface area (Å²) in [6.07, 6.45) is -3.35. The molecule has 0 radical (unpaired) electrons. The van der Waals surface area contributed by atoms with Crippen molar-refractivity contribution in [2.24, 2.45) is 17.4 Å². The maximum Gasteiger partial charge on any atom is 0.303 e. The molecule has 0 unspecified atom stereocenters. The first-order valence-corrected chi connectivity index (χ1v) is 22.8. The highest BCUT2D eigenvalue weighted by molar-refractivity contribution is 7.85. The number of hydrogen-bond donors (Lipinski definition) is 13. The Balaban J connectivity index is 2.72. The number of carbonyl (C=O) groups excluding carboxylic acids is 9. The fraction of sp³-hybridized carbons (Fsp3) is 0.585. The summed E-state index contributed by atoms with van der Waals surface area (Å²) < 4.78 is 13.1. The number of benzene rings is 1. The number of carboxylic acid groups (broad SMARTS) is 2. The second kappa shape index (κ2) is 26.9. The molecule has 1 aromatic rings. The molecular formula is C41H62N10O15S. The van der Waals surface area contributed by atoms with Gasteiger partial charge < -0.3 is 69.7 Å². The van der Waals surface area contributed by atoms with E-state index in [4.69, 9.17) is 17.2 Å². The number of nitrogens with two attached hydrogens (primary N) is 3. The number of primary amides is 2. The molecule has 0 aliphatic carbocycles. The van der Waals surface area contributed by atoms with Crippen LogP contribution in [-0.2, 0) is 70.0 Å². The second-order valence-electron chi connectivity index (χ2n) is 16.7. The van der Waals surface area contributed by atoms with Crippen molar-refractivity contribution in [3.05, 3.63) is 23.8 Å². The molecule has 26 heteroatoms. The number of aromatic hydroxyl groups is 1. The Hall–Kier alpha value is -6.86. The average Bonchev–Trinajstić information content (AvgIpc) is 3.21. The molecule has 0 saturated carbocycles. The van der Waals surface area contributed by atoms with Crippen LogP contribution in [-0.4, -0.2) is 138 Å². The van der Waals surface area contributed by atoms with Crippen LogP contribution in [0.25, 0.3) is 0 Å². The lowest BCUT2D eigenvalue weighted by molar-refractivity contribution is -0.141. The van der Waals surface area contributed by atoms with E-state index in [1.165, 1.54) is 18.2 Å². The van der Waals surface area contributed by atoms with Gasteiger partial charge in [0.1, 0.15) is 47.3 Å². The molecule has 0 aromatic heterocycles. The molecule has 1 saturated heterocycles. The molecule has 67 heavy (non-hydrogen) atoms. The van der Waals surface area contributed by atoms with E-state index in [0.717, 1.165) is 6.92 Å². The summed E-state index contributed by atoms with van der Waals surface area (Å²) in [6.45, 7) is 4.42. The van der Waals surface area contributed by atoms with Crippen molar-refractivity contribution < 1.29 is 72.3 Å². The van der Waals surface area contributed by atoms with Gasteiger partial charge in [-0.25, -0.2) is 0 Å². The Morgan fingerprint density at radius 2 is 1.45 bits per heavy atom. The van der Waals surface area contributed by atoms with Crippen LogP contribution in [0.2, 0.25) is 0 Å². The molecule has 0 bridgehead atoms. The average molecular weight is 967 g/mol. The smallest absolute Gasteiger partial charge is 0.303 e. The number of rotatable bonds is 14. The molecule has 9 amide bonds. The van der Waals surface area contributed by atoms with Crippen LogP contribution in [0.1, 0.15) is 90.5 Å². The Bertz CT molecular complexity index is 2050. The minimum Gasteiger partial charge on any atom is -0.506 e. The summed E-state index contributed by atoms with van der Waals surface area (Å²) in [7, 11) is -2.17. The van der Waals surface area contributed by atoms with Crippen molar-refractivity contribution in [2.75, 3.05) is 23.8 Å². The number of carbonyl (C=O) groups is 11. The lowest BCUT2D eigenvalue weighted by Gasteiger charge is -2.33. The predicted molar refractivity (Wildman–Crippen MR) is 238 cm³/mol. The van der Waals surface area contributed by atoms with Crippen molar-refractivity contribution in [3.63, 3.8) is 0 Å². The lowest BCUT2D eigenvalue weighted by atomic mass is 9.92. The molecule has 2 rings (SSSR count). The van der Waals surface area contributed by atoms with Gasteiger partial charge in [0.05, 0.1) is 17.9 Å². The van der Waals surface area contributed by atoms with E-state index in [-0.39, 0.29) is 74.4 Å². The fourth-order valence-electron chi connectivity index (χ4n) is 6.66. The zero-order valence-electron chi connectivity index (χ0n) is 37.5. The number of anilines is 1. The number of nitrogen functional groups attached to an aromatic ring is 1.